The molecule has 1 N–H and O–H groups in total. The van der Waals surface area contributed by atoms with Gasteiger partial charge in [-0.2, -0.15) is 0 Å². The maximum absolute atomic E-state index is 12.7. The van der Waals surface area contributed by atoms with Crippen LogP contribution in [0.3, 0.4) is 0 Å². The number of hydrogen-bond acceptors (Lipinski definition) is 6. The van der Waals surface area contributed by atoms with Crippen molar-refractivity contribution in [3.63, 3.8) is 0 Å². The molecule has 1 aliphatic heterocycles. The number of fused-ring (bicyclic) bond motifs is 4. The van der Waals surface area contributed by atoms with Gasteiger partial charge in [-0.05, 0) is 29.9 Å². The van der Waals surface area contributed by atoms with E-state index in [4.69, 9.17) is 19.2 Å². The highest BCUT2D eigenvalue weighted by Crippen LogP contribution is 2.56. The molecule has 0 amide bonds. The molecule has 0 spiro atoms. The first-order valence-electron chi connectivity index (χ1n) is 12.3. The van der Waals surface area contributed by atoms with Gasteiger partial charge in [-0.15, -0.1) is 0 Å². The third-order valence-corrected chi connectivity index (χ3v) is 7.12. The number of para-hydroxylation sites is 1. The number of methoxy groups -OCH3 is 1. The average Bonchev–Trinajstić information content (AvgIpc) is 2.76. The first-order valence-corrected chi connectivity index (χ1v) is 12.3. The number of aromatic nitrogens is 1. The highest BCUT2D eigenvalue weighted by molar-refractivity contribution is 6.01. The number of nitrogens with zero attached hydrogens (tertiary/aromatic N) is 1. The Morgan fingerprint density at radius 1 is 1.29 bits per heavy atom. The number of rotatable bonds is 4. The summed E-state index contributed by atoms with van der Waals surface area (Å²) in [5, 5.41) is 12.7. The molecule has 6 nitrogen and oxygen atoms in total. The summed E-state index contributed by atoms with van der Waals surface area (Å²) >= 11 is 0. The maximum atomic E-state index is 12.7. The molecule has 3 aromatic rings. The number of phenolic OH excluding ortho intramolecular Hbond substituents is 1. The number of carbonyl (C=O) groups excluding carboxylic acids is 1. The monoisotopic (exact) mass is 475 g/mol. The smallest absolute Gasteiger partial charge is 0.306 e. The van der Waals surface area contributed by atoms with Crippen molar-refractivity contribution in [2.45, 2.75) is 65.9 Å². The van der Waals surface area contributed by atoms with Crippen molar-refractivity contribution in [1.82, 2.24) is 4.98 Å². The van der Waals surface area contributed by atoms with Crippen LogP contribution < -0.4 is 9.47 Å². The number of ether oxygens (including phenoxy) is 3. The largest absolute Gasteiger partial charge is 0.504 e. The molecule has 2 aliphatic rings. The number of hydrogen-bond donors (Lipinski definition) is 1. The zero-order valence-electron chi connectivity index (χ0n) is 21.3. The number of benzene rings is 2. The van der Waals surface area contributed by atoms with Crippen LogP contribution in [0.5, 0.6) is 17.2 Å². The minimum absolute atomic E-state index is 0.0192. The highest BCUT2D eigenvalue weighted by Gasteiger charge is 2.44. The molecule has 2 atom stereocenters. The first-order chi connectivity index (χ1) is 16.6. The normalized spacial score (nSPS) is 21.0. The van der Waals surface area contributed by atoms with Gasteiger partial charge < -0.3 is 19.3 Å². The average molecular weight is 476 g/mol. The molecule has 0 saturated carbocycles. The Kier molecular flexibility index (Phi) is 5.65. The molecule has 35 heavy (non-hydrogen) atoms. The van der Waals surface area contributed by atoms with E-state index < -0.39 is 0 Å². The van der Waals surface area contributed by atoms with Gasteiger partial charge in [0.15, 0.2) is 11.5 Å². The van der Waals surface area contributed by atoms with Crippen LogP contribution in [0, 0.1) is 11.3 Å². The summed E-state index contributed by atoms with van der Waals surface area (Å²) in [4.78, 5) is 17.7. The Morgan fingerprint density at radius 3 is 2.74 bits per heavy atom. The first kappa shape index (κ1) is 23.5. The number of carbonyl (C=O) groups is 1. The zero-order valence-corrected chi connectivity index (χ0v) is 21.3. The molecular weight excluding hydrogens is 442 g/mol. The van der Waals surface area contributed by atoms with Gasteiger partial charge in [0.1, 0.15) is 11.9 Å². The lowest BCUT2D eigenvalue weighted by atomic mass is 9.70. The van der Waals surface area contributed by atoms with E-state index in [0.717, 1.165) is 34.2 Å². The van der Waals surface area contributed by atoms with E-state index in [9.17, 15) is 9.90 Å². The lowest BCUT2D eigenvalue weighted by molar-refractivity contribution is -0.150. The van der Waals surface area contributed by atoms with Gasteiger partial charge >= 0.3 is 5.97 Å². The lowest BCUT2D eigenvalue weighted by Crippen LogP contribution is -2.37. The van der Waals surface area contributed by atoms with Crippen LogP contribution in [0.2, 0.25) is 0 Å². The van der Waals surface area contributed by atoms with E-state index in [1.807, 2.05) is 44.2 Å². The third-order valence-electron chi connectivity index (χ3n) is 7.12. The van der Waals surface area contributed by atoms with Crippen molar-refractivity contribution < 1.29 is 24.1 Å². The molecule has 0 saturated heterocycles. The Hall–Kier alpha value is -3.28. The number of esters is 1. The molecule has 184 valence electrons. The van der Waals surface area contributed by atoms with Crippen molar-refractivity contribution >= 4 is 27.8 Å². The fraction of sp³-hybridized carbons (Fsp3) is 0.448. The molecular formula is C29H33NO5. The summed E-state index contributed by atoms with van der Waals surface area (Å²) in [6, 6.07) is 9.77. The molecule has 2 unspecified atom stereocenters. The SMILES string of the molecule is COc1c2c(c3nc4ccccc4cc3c1O)C(C)C1=C(CC(C)(C)CC1OC(=O)CC(C)C)O2. The molecule has 6 heteroatoms. The van der Waals surface area contributed by atoms with E-state index in [0.29, 0.717) is 35.2 Å². The van der Waals surface area contributed by atoms with Crippen molar-refractivity contribution in [1.29, 1.82) is 0 Å². The zero-order chi connectivity index (χ0) is 25.1. The highest BCUT2D eigenvalue weighted by atomic mass is 16.5. The Morgan fingerprint density at radius 2 is 2.03 bits per heavy atom. The molecule has 0 radical (unpaired) electrons. The van der Waals surface area contributed by atoms with Gasteiger partial charge in [-0.25, -0.2) is 4.98 Å². The van der Waals surface area contributed by atoms with Gasteiger partial charge in [-0.1, -0.05) is 52.8 Å². The summed E-state index contributed by atoms with van der Waals surface area (Å²) in [6.07, 6.45) is 1.43. The van der Waals surface area contributed by atoms with Crippen LogP contribution >= 0.6 is 0 Å². The molecule has 1 aromatic heterocycles. The van der Waals surface area contributed by atoms with Gasteiger partial charge in [-0.3, -0.25) is 4.79 Å². The second kappa shape index (κ2) is 8.43. The summed E-state index contributed by atoms with van der Waals surface area (Å²) in [5.74, 6) is 1.52. The van der Waals surface area contributed by atoms with Gasteiger partial charge in [0.2, 0.25) is 5.75 Å². The topological polar surface area (TPSA) is 77.9 Å². The fourth-order valence-corrected chi connectivity index (χ4v) is 5.59. The van der Waals surface area contributed by atoms with Crippen molar-refractivity contribution in [3.8, 4) is 17.2 Å². The maximum Gasteiger partial charge on any atom is 0.306 e. The molecule has 0 fully saturated rings. The Bertz CT molecular complexity index is 1370. The summed E-state index contributed by atoms with van der Waals surface area (Å²) in [6.45, 7) is 10.4. The summed E-state index contributed by atoms with van der Waals surface area (Å²) < 4.78 is 18.3. The van der Waals surface area contributed by atoms with Crippen LogP contribution in [0.4, 0.5) is 0 Å². The second-order valence-electron chi connectivity index (χ2n) is 11.0. The van der Waals surface area contributed by atoms with Gasteiger partial charge in [0.25, 0.3) is 0 Å². The number of pyridine rings is 1. The number of phenols is 1. The minimum Gasteiger partial charge on any atom is -0.504 e. The number of aromatic hydroxyl groups is 1. The second-order valence-corrected chi connectivity index (χ2v) is 11.0. The predicted molar refractivity (Wildman–Crippen MR) is 136 cm³/mol. The predicted octanol–water partition coefficient (Wildman–Crippen LogP) is 6.63. The van der Waals surface area contributed by atoms with Crippen LogP contribution in [0.15, 0.2) is 41.7 Å². The fourth-order valence-electron chi connectivity index (χ4n) is 5.59. The molecule has 0 bridgehead atoms. The van der Waals surface area contributed by atoms with Crippen molar-refractivity contribution in [3.05, 3.63) is 47.2 Å². The number of allylic oxidation sites excluding steroid dienone is 1. The van der Waals surface area contributed by atoms with E-state index in [1.54, 1.807) is 0 Å². The van der Waals surface area contributed by atoms with Crippen LogP contribution in [0.25, 0.3) is 21.8 Å². The molecule has 2 aromatic carbocycles. The van der Waals surface area contributed by atoms with E-state index >= 15 is 0 Å². The summed E-state index contributed by atoms with van der Waals surface area (Å²) in [5.41, 5.74) is 3.23. The quantitative estimate of drug-likeness (QED) is 0.337. The Balaban J connectivity index is 1.71. The summed E-state index contributed by atoms with van der Waals surface area (Å²) in [7, 11) is 1.54. The molecule has 2 heterocycles. The minimum atomic E-state index is -0.376. The van der Waals surface area contributed by atoms with Gasteiger partial charge in [0.05, 0.1) is 18.1 Å². The van der Waals surface area contributed by atoms with E-state index in [1.165, 1.54) is 7.11 Å². The van der Waals surface area contributed by atoms with E-state index in [2.05, 4.69) is 20.8 Å². The molecule has 5 rings (SSSR count). The van der Waals surface area contributed by atoms with Crippen molar-refractivity contribution in [2.75, 3.05) is 7.11 Å². The third kappa shape index (κ3) is 3.99. The van der Waals surface area contributed by atoms with Crippen LogP contribution in [-0.2, 0) is 9.53 Å². The lowest BCUT2D eigenvalue weighted by Gasteiger charge is -2.42. The standard InChI is InChI=1S/C29H33NO5/c1-15(2)11-22(31)34-20-13-29(4,5)14-21-23(20)16(3)24-25-18(26(32)28(33-6)27(24)35-21)12-17-9-7-8-10-19(17)30-25/h7-10,12,15-16,20,32H,11,13-14H2,1-6H3. The van der Waals surface area contributed by atoms with Crippen LogP contribution in [-0.4, -0.2) is 29.3 Å². The molecule has 1 aliphatic carbocycles. The van der Waals surface area contributed by atoms with E-state index in [-0.39, 0.29) is 35.1 Å². The van der Waals surface area contributed by atoms with Gasteiger partial charge in [0, 0.05) is 40.7 Å². The van der Waals surface area contributed by atoms with Crippen LogP contribution in [0.1, 0.15) is 65.4 Å². The van der Waals surface area contributed by atoms with Crippen molar-refractivity contribution in [2.24, 2.45) is 11.3 Å². The Labute approximate surface area is 205 Å².